The van der Waals surface area contributed by atoms with E-state index in [0.717, 1.165) is 0 Å². The summed E-state index contributed by atoms with van der Waals surface area (Å²) in [7, 11) is 1.71. The molecule has 0 rings (SSSR count). The molecule has 0 fully saturated rings. The molecule has 2 N–H and O–H groups in total. The number of hydrogen-bond donors (Lipinski definition) is 2. The summed E-state index contributed by atoms with van der Waals surface area (Å²) in [6.07, 6.45) is 0.470. The van der Waals surface area contributed by atoms with Crippen LogP contribution in [0.4, 0.5) is 0 Å². The van der Waals surface area contributed by atoms with Crippen LogP contribution in [0.1, 0.15) is 0 Å². The van der Waals surface area contributed by atoms with Crippen LogP contribution >= 0.6 is 0 Å². The minimum atomic E-state index is 0.332. The summed E-state index contributed by atoms with van der Waals surface area (Å²) in [5.74, 6) is 0. The van der Waals surface area contributed by atoms with E-state index in [2.05, 4.69) is 10.2 Å². The molecule has 0 aromatic carbocycles. The zero-order valence-corrected chi connectivity index (χ0v) is 4.10. The van der Waals surface area contributed by atoms with E-state index in [9.17, 15) is 4.79 Å². The first-order chi connectivity index (χ1) is 3.41. The van der Waals surface area contributed by atoms with Crippen molar-refractivity contribution in [3.8, 4) is 0 Å². The maximum atomic E-state index is 9.42. The van der Waals surface area contributed by atoms with E-state index in [4.69, 9.17) is 0 Å². The molecule has 0 bridgehead atoms. The molecule has 0 heterocycles. The molecule has 0 saturated carbocycles. The minimum absolute atomic E-state index is 0.332. The Morgan fingerprint density at radius 2 is 2.57 bits per heavy atom. The van der Waals surface area contributed by atoms with E-state index in [0.29, 0.717) is 13.1 Å². The van der Waals surface area contributed by atoms with E-state index in [1.807, 2.05) is 5.48 Å². The van der Waals surface area contributed by atoms with Crippen LogP contribution in [0.25, 0.3) is 0 Å². The highest BCUT2D eigenvalue weighted by Crippen LogP contribution is 1.50. The molecule has 0 aromatic rings. The second-order valence-electron chi connectivity index (χ2n) is 0.878. The van der Waals surface area contributed by atoms with Gasteiger partial charge in [-0.1, -0.05) is 0 Å². The van der Waals surface area contributed by atoms with Gasteiger partial charge >= 0.3 is 0 Å². The van der Waals surface area contributed by atoms with Crippen molar-refractivity contribution in [2.45, 2.75) is 0 Å². The van der Waals surface area contributed by atoms with Crippen LogP contribution in [0, 0.1) is 0 Å². The van der Waals surface area contributed by atoms with Crippen molar-refractivity contribution in [2.75, 3.05) is 13.8 Å². The van der Waals surface area contributed by atoms with Gasteiger partial charge < -0.3 is 0 Å². The van der Waals surface area contributed by atoms with Gasteiger partial charge in [-0.3, -0.25) is 14.9 Å². The van der Waals surface area contributed by atoms with Gasteiger partial charge in [-0.2, -0.15) is 0 Å². The molecule has 0 aliphatic rings. The Balaban J connectivity index is 2.56. The summed E-state index contributed by atoms with van der Waals surface area (Å²) in [4.78, 5) is 13.8. The number of nitrogens with one attached hydrogen (secondary N) is 2. The fourth-order valence-electron chi connectivity index (χ4n) is 0.148. The Bertz CT molecular complexity index is 48.2. The van der Waals surface area contributed by atoms with Crippen molar-refractivity contribution < 1.29 is 9.63 Å². The monoisotopic (exact) mass is 104 g/mol. The number of hydrogen-bond acceptors (Lipinski definition) is 3. The first-order valence-electron chi connectivity index (χ1n) is 1.87. The molecule has 7 heavy (non-hydrogen) atoms. The fourth-order valence-corrected chi connectivity index (χ4v) is 0.148. The van der Waals surface area contributed by atoms with Crippen molar-refractivity contribution in [1.82, 2.24) is 10.8 Å². The third kappa shape index (κ3) is 5.39. The largest absolute Gasteiger partial charge is 0.296 e. The summed E-state index contributed by atoms with van der Waals surface area (Å²) >= 11 is 0. The number of amides is 1. The Morgan fingerprint density at radius 3 is 3.00 bits per heavy atom. The molecule has 0 radical (unpaired) electrons. The summed E-state index contributed by atoms with van der Waals surface area (Å²) in [6, 6.07) is 0. The highest BCUT2D eigenvalue weighted by atomic mass is 16.7. The van der Waals surface area contributed by atoms with Crippen molar-refractivity contribution in [1.29, 1.82) is 0 Å². The maximum Gasteiger partial charge on any atom is 0.230 e. The van der Waals surface area contributed by atoms with Gasteiger partial charge in [0.2, 0.25) is 6.41 Å². The van der Waals surface area contributed by atoms with Crippen molar-refractivity contribution in [2.24, 2.45) is 0 Å². The SMILES string of the molecule is CNCONC=O. The average molecular weight is 104 g/mol. The summed E-state index contributed by atoms with van der Waals surface area (Å²) in [6.45, 7) is 0.332. The molecule has 0 saturated heterocycles. The zero-order valence-electron chi connectivity index (χ0n) is 4.10. The second kappa shape index (κ2) is 5.39. The van der Waals surface area contributed by atoms with Crippen LogP contribution < -0.4 is 10.8 Å². The molecule has 0 aromatic heterocycles. The minimum Gasteiger partial charge on any atom is -0.296 e. The van der Waals surface area contributed by atoms with Crippen LogP contribution in [0.2, 0.25) is 0 Å². The quantitative estimate of drug-likeness (QED) is 0.205. The number of rotatable bonds is 4. The van der Waals surface area contributed by atoms with Gasteiger partial charge in [0, 0.05) is 0 Å². The van der Waals surface area contributed by atoms with E-state index < -0.39 is 0 Å². The zero-order chi connectivity index (χ0) is 5.54. The van der Waals surface area contributed by atoms with Gasteiger partial charge in [0.05, 0.1) is 0 Å². The third-order valence-electron chi connectivity index (χ3n) is 0.348. The topological polar surface area (TPSA) is 50.4 Å². The van der Waals surface area contributed by atoms with Gasteiger partial charge in [0.25, 0.3) is 0 Å². The lowest BCUT2D eigenvalue weighted by Gasteiger charge is -1.95. The van der Waals surface area contributed by atoms with Crippen LogP contribution in [0.3, 0.4) is 0 Å². The summed E-state index contributed by atoms with van der Waals surface area (Å²) in [5, 5.41) is 2.66. The van der Waals surface area contributed by atoms with E-state index in [-0.39, 0.29) is 0 Å². The lowest BCUT2D eigenvalue weighted by Crippen LogP contribution is -2.20. The molecule has 42 valence electrons. The fraction of sp³-hybridized carbons (Fsp3) is 0.667. The van der Waals surface area contributed by atoms with Crippen molar-refractivity contribution in [3.05, 3.63) is 0 Å². The Kier molecular flexibility index (Phi) is 4.92. The molecule has 0 aliphatic carbocycles. The van der Waals surface area contributed by atoms with Gasteiger partial charge in [-0.25, -0.2) is 5.48 Å². The van der Waals surface area contributed by atoms with Crippen LogP contribution in [0.5, 0.6) is 0 Å². The third-order valence-corrected chi connectivity index (χ3v) is 0.348. The first kappa shape index (κ1) is 6.39. The highest BCUT2D eigenvalue weighted by Gasteiger charge is 1.72. The van der Waals surface area contributed by atoms with Gasteiger partial charge in [-0.15, -0.1) is 0 Å². The van der Waals surface area contributed by atoms with Crippen LogP contribution in [-0.4, -0.2) is 20.2 Å². The predicted octanol–water partition coefficient (Wildman–Crippen LogP) is -1.16. The summed E-state index contributed by atoms with van der Waals surface area (Å²) < 4.78 is 0. The highest BCUT2D eigenvalue weighted by molar-refractivity contribution is 5.43. The Hall–Kier alpha value is -0.610. The predicted molar refractivity (Wildman–Crippen MR) is 24.2 cm³/mol. The van der Waals surface area contributed by atoms with Gasteiger partial charge in [0.15, 0.2) is 0 Å². The molecule has 0 atom stereocenters. The molecule has 0 spiro atoms. The molecule has 0 aliphatic heterocycles. The molecule has 0 unspecified atom stereocenters. The maximum absolute atomic E-state index is 9.42. The number of carbonyl (C=O) groups is 1. The van der Waals surface area contributed by atoms with Gasteiger partial charge in [0.1, 0.15) is 6.73 Å². The van der Waals surface area contributed by atoms with Crippen molar-refractivity contribution >= 4 is 6.41 Å². The molecule has 1 amide bonds. The standard InChI is InChI=1S/C3H8N2O2/c1-4-3-7-5-2-6/h2,4H,3H2,1H3,(H,5,6). The lowest BCUT2D eigenvalue weighted by atomic mass is 11.2. The van der Waals surface area contributed by atoms with E-state index in [1.165, 1.54) is 0 Å². The van der Waals surface area contributed by atoms with Crippen LogP contribution in [0.15, 0.2) is 0 Å². The molecule has 4 heteroatoms. The number of carbonyl (C=O) groups excluding carboxylic acids is 1. The normalized spacial score (nSPS) is 8.14. The van der Waals surface area contributed by atoms with Crippen molar-refractivity contribution in [3.63, 3.8) is 0 Å². The smallest absolute Gasteiger partial charge is 0.230 e. The van der Waals surface area contributed by atoms with E-state index in [1.54, 1.807) is 7.05 Å². The lowest BCUT2D eigenvalue weighted by molar-refractivity contribution is -0.121. The second-order valence-corrected chi connectivity index (χ2v) is 0.878. The molecular weight excluding hydrogens is 96.0 g/mol. The van der Waals surface area contributed by atoms with Gasteiger partial charge in [-0.05, 0) is 7.05 Å². The molecular formula is C3H8N2O2. The van der Waals surface area contributed by atoms with E-state index >= 15 is 0 Å². The summed E-state index contributed by atoms with van der Waals surface area (Å²) in [5.41, 5.74) is 2.01. The Morgan fingerprint density at radius 1 is 1.86 bits per heavy atom. The Labute approximate surface area is 41.8 Å². The molecule has 4 nitrogen and oxygen atoms in total. The average Bonchev–Trinajstić information content (AvgIpc) is 1.69. The number of hydroxylamine groups is 1. The van der Waals surface area contributed by atoms with Crippen LogP contribution in [-0.2, 0) is 9.63 Å². The first-order valence-corrected chi connectivity index (χ1v) is 1.87.